The van der Waals surface area contributed by atoms with Crippen LogP contribution in [-0.4, -0.2) is 38.3 Å². The van der Waals surface area contributed by atoms with Gasteiger partial charge in [0, 0.05) is 13.1 Å². The maximum Gasteiger partial charge on any atom is 0.258 e. The Kier molecular flexibility index (Phi) is 6.54. The van der Waals surface area contributed by atoms with Crippen molar-refractivity contribution in [3.8, 4) is 5.75 Å². The van der Waals surface area contributed by atoms with E-state index < -0.39 is 10.0 Å². The van der Waals surface area contributed by atoms with Crippen LogP contribution in [0.2, 0.25) is 0 Å². The molecule has 1 aliphatic rings. The van der Waals surface area contributed by atoms with E-state index in [1.807, 2.05) is 0 Å². The SMILES string of the molecule is Cc1cc(S(=O)(=O)N2CCCC2)ccc1OCC(=O)N[C@H](C)c1ccc(F)cc1. The Bertz CT molecular complexity index is 971. The lowest BCUT2D eigenvalue weighted by atomic mass is 10.1. The number of nitrogens with one attached hydrogen (secondary N) is 1. The van der Waals surface area contributed by atoms with Gasteiger partial charge in [-0.2, -0.15) is 4.31 Å². The van der Waals surface area contributed by atoms with Crippen LogP contribution in [0.15, 0.2) is 47.4 Å². The van der Waals surface area contributed by atoms with Crippen LogP contribution >= 0.6 is 0 Å². The zero-order valence-corrected chi connectivity index (χ0v) is 17.3. The van der Waals surface area contributed by atoms with Gasteiger partial charge in [0.2, 0.25) is 10.0 Å². The third-order valence-electron chi connectivity index (χ3n) is 4.96. The van der Waals surface area contributed by atoms with E-state index in [1.54, 1.807) is 38.1 Å². The minimum Gasteiger partial charge on any atom is -0.484 e. The van der Waals surface area contributed by atoms with Gasteiger partial charge < -0.3 is 10.1 Å². The highest BCUT2D eigenvalue weighted by Crippen LogP contribution is 2.26. The smallest absolute Gasteiger partial charge is 0.258 e. The molecular weight excluding hydrogens is 395 g/mol. The van der Waals surface area contributed by atoms with Crippen LogP contribution in [0.5, 0.6) is 5.75 Å². The summed E-state index contributed by atoms with van der Waals surface area (Å²) in [5, 5.41) is 2.79. The minimum atomic E-state index is -3.49. The number of hydrogen-bond acceptors (Lipinski definition) is 4. The van der Waals surface area contributed by atoms with Gasteiger partial charge >= 0.3 is 0 Å². The summed E-state index contributed by atoms with van der Waals surface area (Å²) < 4.78 is 45.3. The second-order valence-electron chi connectivity index (χ2n) is 7.17. The second kappa shape index (κ2) is 8.92. The Morgan fingerprint density at radius 1 is 1.17 bits per heavy atom. The number of benzene rings is 2. The highest BCUT2D eigenvalue weighted by molar-refractivity contribution is 7.89. The maximum absolute atomic E-state index is 13.0. The van der Waals surface area contributed by atoms with Gasteiger partial charge in [0.05, 0.1) is 10.9 Å². The molecule has 3 rings (SSSR count). The normalized spacial score (nSPS) is 15.8. The fourth-order valence-corrected chi connectivity index (χ4v) is 4.89. The predicted molar refractivity (Wildman–Crippen MR) is 108 cm³/mol. The molecule has 1 N–H and O–H groups in total. The Morgan fingerprint density at radius 2 is 1.83 bits per heavy atom. The maximum atomic E-state index is 13.0. The van der Waals surface area contributed by atoms with Gasteiger partial charge in [0.25, 0.3) is 5.91 Å². The minimum absolute atomic E-state index is 0.204. The molecule has 0 bridgehead atoms. The topological polar surface area (TPSA) is 75.7 Å². The van der Waals surface area contributed by atoms with Crippen molar-refractivity contribution in [3.05, 3.63) is 59.4 Å². The number of carbonyl (C=O) groups excluding carboxylic acids is 1. The van der Waals surface area contributed by atoms with Gasteiger partial charge in [-0.15, -0.1) is 0 Å². The molecule has 0 unspecified atom stereocenters. The summed E-state index contributed by atoms with van der Waals surface area (Å²) in [7, 11) is -3.49. The molecular formula is C21H25FN2O4S. The molecule has 6 nitrogen and oxygen atoms in total. The number of aryl methyl sites for hydroxylation is 1. The zero-order valence-electron chi connectivity index (χ0n) is 16.5. The summed E-state index contributed by atoms with van der Waals surface area (Å²) >= 11 is 0. The van der Waals surface area contributed by atoms with Gasteiger partial charge in [0.1, 0.15) is 11.6 Å². The zero-order chi connectivity index (χ0) is 21.0. The first-order chi connectivity index (χ1) is 13.8. The molecule has 8 heteroatoms. The van der Waals surface area contributed by atoms with E-state index >= 15 is 0 Å². The van der Waals surface area contributed by atoms with Crippen molar-refractivity contribution in [1.82, 2.24) is 9.62 Å². The quantitative estimate of drug-likeness (QED) is 0.747. The molecule has 2 aromatic carbocycles. The molecule has 0 aromatic heterocycles. The Morgan fingerprint density at radius 3 is 2.45 bits per heavy atom. The van der Waals surface area contributed by atoms with Gasteiger partial charge in [0.15, 0.2) is 6.61 Å². The molecule has 1 heterocycles. The average molecular weight is 421 g/mol. The first-order valence-electron chi connectivity index (χ1n) is 9.56. The van der Waals surface area contributed by atoms with E-state index in [9.17, 15) is 17.6 Å². The van der Waals surface area contributed by atoms with E-state index in [0.29, 0.717) is 24.4 Å². The third-order valence-corrected chi connectivity index (χ3v) is 6.85. The van der Waals surface area contributed by atoms with Crippen molar-refractivity contribution < 1.29 is 22.3 Å². The van der Waals surface area contributed by atoms with Crippen LogP contribution < -0.4 is 10.1 Å². The predicted octanol–water partition coefficient (Wildman–Crippen LogP) is 3.17. The van der Waals surface area contributed by atoms with Crippen molar-refractivity contribution in [2.24, 2.45) is 0 Å². The number of hydrogen-bond donors (Lipinski definition) is 1. The van der Waals surface area contributed by atoms with E-state index in [-0.39, 0.29) is 29.3 Å². The molecule has 1 amide bonds. The van der Waals surface area contributed by atoms with Crippen molar-refractivity contribution in [1.29, 1.82) is 0 Å². The highest BCUT2D eigenvalue weighted by Gasteiger charge is 2.27. The molecule has 1 saturated heterocycles. The Balaban J connectivity index is 1.59. The van der Waals surface area contributed by atoms with Gasteiger partial charge in [-0.1, -0.05) is 12.1 Å². The molecule has 0 aliphatic carbocycles. The molecule has 1 aliphatic heterocycles. The first kappa shape index (κ1) is 21.3. The number of sulfonamides is 1. The summed E-state index contributed by atoms with van der Waals surface area (Å²) in [6.45, 7) is 4.44. The molecule has 29 heavy (non-hydrogen) atoms. The number of nitrogens with zero attached hydrogens (tertiary/aromatic N) is 1. The Labute approximate surface area is 170 Å². The largest absolute Gasteiger partial charge is 0.484 e. The molecule has 0 saturated carbocycles. The monoisotopic (exact) mass is 420 g/mol. The van der Waals surface area contributed by atoms with Crippen molar-refractivity contribution in [3.63, 3.8) is 0 Å². The lowest BCUT2D eigenvalue weighted by Crippen LogP contribution is -2.31. The number of halogens is 1. The van der Waals surface area contributed by atoms with E-state index in [4.69, 9.17) is 4.74 Å². The fourth-order valence-electron chi connectivity index (χ4n) is 3.28. The van der Waals surface area contributed by atoms with Crippen LogP contribution in [0.3, 0.4) is 0 Å². The lowest BCUT2D eigenvalue weighted by molar-refractivity contribution is -0.123. The van der Waals surface area contributed by atoms with Crippen LogP contribution in [0.25, 0.3) is 0 Å². The lowest BCUT2D eigenvalue weighted by Gasteiger charge is -2.17. The summed E-state index contributed by atoms with van der Waals surface area (Å²) in [5.74, 6) is -0.203. The number of amides is 1. The molecule has 0 spiro atoms. The molecule has 0 radical (unpaired) electrons. The van der Waals surface area contributed by atoms with Crippen molar-refractivity contribution in [2.45, 2.75) is 37.6 Å². The average Bonchev–Trinajstić information content (AvgIpc) is 3.23. The van der Waals surface area contributed by atoms with Crippen molar-refractivity contribution >= 4 is 15.9 Å². The molecule has 2 aromatic rings. The van der Waals surface area contributed by atoms with Gasteiger partial charge in [-0.05, 0) is 68.1 Å². The second-order valence-corrected chi connectivity index (χ2v) is 9.11. The molecule has 1 atom stereocenters. The highest BCUT2D eigenvalue weighted by atomic mass is 32.2. The summed E-state index contributed by atoms with van der Waals surface area (Å²) in [4.78, 5) is 12.4. The number of ether oxygens (including phenoxy) is 1. The number of carbonyl (C=O) groups is 1. The van der Waals surface area contributed by atoms with Crippen LogP contribution in [0.1, 0.15) is 36.9 Å². The fraction of sp³-hybridized carbons (Fsp3) is 0.381. The van der Waals surface area contributed by atoms with E-state index in [1.165, 1.54) is 22.5 Å². The first-order valence-corrected chi connectivity index (χ1v) is 11.0. The summed E-state index contributed by atoms with van der Waals surface area (Å²) in [5.41, 5.74) is 1.43. The number of rotatable bonds is 7. The molecule has 156 valence electrons. The third kappa shape index (κ3) is 5.13. The summed E-state index contributed by atoms with van der Waals surface area (Å²) in [6.07, 6.45) is 1.76. The summed E-state index contributed by atoms with van der Waals surface area (Å²) in [6, 6.07) is 10.3. The van der Waals surface area contributed by atoms with Gasteiger partial charge in [-0.3, -0.25) is 4.79 Å². The van der Waals surface area contributed by atoms with E-state index in [0.717, 1.165) is 18.4 Å². The molecule has 1 fully saturated rings. The standard InChI is InChI=1S/C21H25FN2O4S/c1-15-13-19(29(26,27)24-11-3-4-12-24)9-10-20(15)28-14-21(25)23-16(2)17-5-7-18(22)8-6-17/h5-10,13,16H,3-4,11-12,14H2,1-2H3,(H,23,25)/t16-/m1/s1. The van der Waals surface area contributed by atoms with E-state index in [2.05, 4.69) is 5.32 Å². The van der Waals surface area contributed by atoms with Crippen molar-refractivity contribution in [2.75, 3.05) is 19.7 Å². The Hall–Kier alpha value is -2.45. The van der Waals surface area contributed by atoms with Gasteiger partial charge in [-0.25, -0.2) is 12.8 Å². The van der Waals surface area contributed by atoms with Crippen LogP contribution in [0.4, 0.5) is 4.39 Å². The van der Waals surface area contributed by atoms with Crippen LogP contribution in [0, 0.1) is 12.7 Å². The van der Waals surface area contributed by atoms with Crippen LogP contribution in [-0.2, 0) is 14.8 Å².